The Bertz CT molecular complexity index is 3110. The smallest absolute Gasteiger partial charge is 0.243 e. The number of hydrogen-bond acceptors (Lipinski definition) is 12. The van der Waals surface area contributed by atoms with Crippen molar-refractivity contribution in [3.05, 3.63) is 156 Å². The van der Waals surface area contributed by atoms with Gasteiger partial charge in [0.25, 0.3) is 0 Å². The van der Waals surface area contributed by atoms with E-state index >= 15 is 0 Å². The summed E-state index contributed by atoms with van der Waals surface area (Å²) >= 11 is 0. The number of carbonyl (C=O) groups excluding carboxylic acids is 4. The van der Waals surface area contributed by atoms with Gasteiger partial charge in [0.1, 0.15) is 24.3 Å². The van der Waals surface area contributed by atoms with Crippen LogP contribution in [0, 0.1) is 23.7 Å². The average molecular weight is 1160 g/mol. The molecule has 0 fully saturated rings. The normalized spacial score (nSPS) is 15.4. The fraction of sp³-hybridized carbons (Fsp3) is 0.469. The highest BCUT2D eigenvalue weighted by molar-refractivity contribution is 7.93. The molecule has 2 heterocycles. The van der Waals surface area contributed by atoms with Crippen molar-refractivity contribution < 1.29 is 46.2 Å². The van der Waals surface area contributed by atoms with Crippen LogP contribution in [0.25, 0.3) is 21.5 Å². The van der Waals surface area contributed by atoms with Gasteiger partial charge in [-0.15, -0.1) is 0 Å². The van der Waals surface area contributed by atoms with Gasteiger partial charge in [-0.2, -0.15) is 0 Å². The molecule has 4 amide bonds. The Labute approximate surface area is 484 Å². The van der Waals surface area contributed by atoms with Gasteiger partial charge in [-0.3, -0.25) is 29.1 Å². The molecule has 2 aromatic heterocycles. The largest absolute Gasteiger partial charge is 0.388 e. The van der Waals surface area contributed by atoms with Gasteiger partial charge in [-0.05, 0) is 160 Å². The van der Waals surface area contributed by atoms with Gasteiger partial charge >= 0.3 is 0 Å². The van der Waals surface area contributed by atoms with Crippen molar-refractivity contribution in [2.24, 2.45) is 23.7 Å². The zero-order valence-electron chi connectivity index (χ0n) is 49.0. The molecule has 0 aliphatic heterocycles. The van der Waals surface area contributed by atoms with Crippen LogP contribution in [-0.4, -0.2) is 118 Å². The molecule has 0 bridgehead atoms. The zero-order valence-corrected chi connectivity index (χ0v) is 50.6. The standard InChI is InChI=1S/C64H84N6O10S2/c1-41(2)55(69-59(73)49(39-81(77,78)63(5,6)7)37-47-21-15-19-45-17-11-13-23-51(45)47)61(75)67-53(27-25-43-29-33-65-34-30-43)57(71)58(72)54(28-26-44-31-35-66-36-32-44)68-62(76)56(42(3)4)70-60(74)50(40-82(79,80)64(8,9)10)38-48-22-16-20-46-18-12-14-24-52(46)48/h11-24,29-36,41-42,49-50,53-58,71-72H,25-28,37-40H2,1-10H3,(H,67,75)(H,68,76)(H,69,73)(H,70,74)/t49-,50-,53+,54+,55+,56+,57-,58-/m1/s1. The summed E-state index contributed by atoms with van der Waals surface area (Å²) < 4.78 is 53.0. The summed E-state index contributed by atoms with van der Waals surface area (Å²) in [5, 5.41) is 40.1. The summed E-state index contributed by atoms with van der Waals surface area (Å²) in [6.45, 7) is 16.4. The molecular formula is C64H84N6O10S2. The number of carbonyl (C=O) groups is 4. The van der Waals surface area contributed by atoms with Gasteiger partial charge < -0.3 is 31.5 Å². The van der Waals surface area contributed by atoms with Crippen molar-refractivity contribution in [3.8, 4) is 0 Å². The van der Waals surface area contributed by atoms with Crippen molar-refractivity contribution in [2.75, 3.05) is 11.5 Å². The maximum atomic E-state index is 14.8. The summed E-state index contributed by atoms with van der Waals surface area (Å²) in [6, 6.07) is 28.8. The summed E-state index contributed by atoms with van der Waals surface area (Å²) in [5.74, 6) is -6.95. The lowest BCUT2D eigenvalue weighted by atomic mass is 9.90. The molecule has 0 saturated heterocycles. The highest BCUT2D eigenvalue weighted by atomic mass is 32.2. The lowest BCUT2D eigenvalue weighted by Gasteiger charge is -2.35. The van der Waals surface area contributed by atoms with E-state index in [4.69, 9.17) is 0 Å². The Morgan fingerprint density at radius 1 is 0.463 bits per heavy atom. The highest BCUT2D eigenvalue weighted by Crippen LogP contribution is 2.28. The topological polar surface area (TPSA) is 251 Å². The lowest BCUT2D eigenvalue weighted by Crippen LogP contribution is -2.61. The number of fused-ring (bicyclic) bond motifs is 2. The van der Waals surface area contributed by atoms with Gasteiger partial charge in [0.15, 0.2) is 19.7 Å². The fourth-order valence-electron chi connectivity index (χ4n) is 9.99. The van der Waals surface area contributed by atoms with Crippen molar-refractivity contribution in [1.82, 2.24) is 31.2 Å². The van der Waals surface area contributed by atoms with Gasteiger partial charge in [-0.1, -0.05) is 113 Å². The van der Waals surface area contributed by atoms with Crippen molar-refractivity contribution in [3.63, 3.8) is 0 Å². The first-order valence-electron chi connectivity index (χ1n) is 28.3. The van der Waals surface area contributed by atoms with E-state index in [1.807, 2.05) is 84.9 Å². The van der Waals surface area contributed by atoms with Crippen LogP contribution in [0.4, 0.5) is 0 Å². The Balaban J connectivity index is 1.29. The third-order valence-corrected chi connectivity index (χ3v) is 20.9. The summed E-state index contributed by atoms with van der Waals surface area (Å²) in [6.07, 6.45) is 3.82. The highest BCUT2D eigenvalue weighted by Gasteiger charge is 2.41. The number of nitrogens with one attached hydrogen (secondary N) is 4. The van der Waals surface area contributed by atoms with E-state index in [1.54, 1.807) is 118 Å². The minimum atomic E-state index is -3.86. The van der Waals surface area contributed by atoms with Crippen LogP contribution in [0.2, 0.25) is 0 Å². The molecule has 442 valence electrons. The Hall–Kier alpha value is -6.60. The van der Waals surface area contributed by atoms with E-state index in [0.717, 1.165) is 43.8 Å². The number of aromatic nitrogens is 2. The van der Waals surface area contributed by atoms with E-state index in [-0.39, 0.29) is 25.7 Å². The van der Waals surface area contributed by atoms with Crippen molar-refractivity contribution in [2.45, 2.75) is 154 Å². The summed E-state index contributed by atoms with van der Waals surface area (Å²) in [5.41, 5.74) is 3.16. The summed E-state index contributed by atoms with van der Waals surface area (Å²) in [7, 11) is -7.72. The van der Waals surface area contributed by atoms with Gasteiger partial charge in [0.2, 0.25) is 23.6 Å². The van der Waals surface area contributed by atoms with Crippen LogP contribution < -0.4 is 21.3 Å². The van der Waals surface area contributed by atoms with E-state index < -0.39 is 124 Å². The molecule has 6 rings (SSSR count). The van der Waals surface area contributed by atoms with E-state index in [1.165, 1.54) is 0 Å². The summed E-state index contributed by atoms with van der Waals surface area (Å²) in [4.78, 5) is 67.0. The number of hydrogen-bond donors (Lipinski definition) is 6. The third kappa shape index (κ3) is 17.2. The quantitative estimate of drug-likeness (QED) is 0.0294. The first-order valence-corrected chi connectivity index (χ1v) is 31.6. The number of pyridine rings is 2. The minimum absolute atomic E-state index is 0.0626. The number of sulfone groups is 2. The predicted octanol–water partition coefficient (Wildman–Crippen LogP) is 7.47. The van der Waals surface area contributed by atoms with Crippen LogP contribution in [0.1, 0.15) is 104 Å². The number of benzene rings is 4. The Morgan fingerprint density at radius 2 is 0.793 bits per heavy atom. The number of nitrogens with zero attached hydrogens (tertiary/aromatic N) is 2. The number of rotatable bonds is 27. The molecule has 6 N–H and O–H groups in total. The fourth-order valence-corrected chi connectivity index (χ4v) is 12.6. The number of aliphatic hydroxyl groups excluding tert-OH is 2. The number of amides is 4. The molecule has 4 aromatic carbocycles. The Kier molecular flexibility index (Phi) is 22.1. The van der Waals surface area contributed by atoms with Gasteiger partial charge in [-0.25, -0.2) is 16.8 Å². The monoisotopic (exact) mass is 1160 g/mol. The maximum absolute atomic E-state index is 14.8. The molecule has 0 radical (unpaired) electrons. The molecule has 8 atom stereocenters. The predicted molar refractivity (Wildman–Crippen MR) is 324 cm³/mol. The first-order chi connectivity index (χ1) is 38.6. The zero-order chi connectivity index (χ0) is 60.2. The number of aliphatic hydroxyl groups is 2. The van der Waals surface area contributed by atoms with Crippen LogP contribution >= 0.6 is 0 Å². The molecule has 0 aliphatic carbocycles. The van der Waals surface area contributed by atoms with Crippen LogP contribution in [0.3, 0.4) is 0 Å². The molecule has 18 heteroatoms. The second-order valence-corrected chi connectivity index (χ2v) is 29.9. The van der Waals surface area contributed by atoms with Crippen molar-refractivity contribution >= 4 is 64.8 Å². The van der Waals surface area contributed by atoms with Gasteiger partial charge in [0, 0.05) is 24.8 Å². The second kappa shape index (κ2) is 28.1. The van der Waals surface area contributed by atoms with Crippen molar-refractivity contribution in [1.29, 1.82) is 0 Å². The molecule has 6 aromatic rings. The second-order valence-electron chi connectivity index (χ2n) is 24.3. The first kappa shape index (κ1) is 64.6. The van der Waals surface area contributed by atoms with E-state index in [2.05, 4.69) is 31.2 Å². The molecule has 82 heavy (non-hydrogen) atoms. The Morgan fingerprint density at radius 3 is 1.12 bits per heavy atom. The third-order valence-electron chi connectivity index (χ3n) is 15.5. The van der Waals surface area contributed by atoms with Crippen LogP contribution in [0.15, 0.2) is 134 Å². The number of aryl methyl sites for hydroxylation is 2. The molecular weight excluding hydrogens is 1080 g/mol. The SMILES string of the molecule is CC(C)[C@H](NC(=O)[C@H](Cc1cccc2ccccc12)CS(=O)(=O)C(C)(C)C)C(=O)N[C@@H](CCc1ccncc1)[C@@H](O)[C@H](O)[C@H](CCc1ccncc1)NC(=O)[C@@H](NC(=O)[C@H](Cc1cccc2ccccc12)CS(=O)(=O)C(C)(C)C)C(C)C. The molecule has 16 nitrogen and oxygen atoms in total. The minimum Gasteiger partial charge on any atom is -0.388 e. The molecule has 0 aliphatic rings. The van der Waals surface area contributed by atoms with Gasteiger partial charge in [0.05, 0.1) is 44.9 Å². The van der Waals surface area contributed by atoms with Crippen LogP contribution in [0.5, 0.6) is 0 Å². The average Bonchev–Trinajstić information content (AvgIpc) is 3.49. The molecule has 0 unspecified atom stereocenters. The molecule has 0 saturated carbocycles. The van der Waals surface area contributed by atoms with E-state index in [9.17, 15) is 46.2 Å². The van der Waals surface area contributed by atoms with Crippen LogP contribution in [-0.2, 0) is 64.5 Å². The molecule has 0 spiro atoms. The van der Waals surface area contributed by atoms with E-state index in [0.29, 0.717) is 12.8 Å². The maximum Gasteiger partial charge on any atom is 0.243 e. The lowest BCUT2D eigenvalue weighted by molar-refractivity contribution is -0.134.